The molecule has 1 aliphatic carbocycles. The maximum absolute atomic E-state index is 3.83. The molecule has 0 amide bonds. The lowest BCUT2D eigenvalue weighted by molar-refractivity contribution is 0.191. The Morgan fingerprint density at radius 2 is 1.90 bits per heavy atom. The Hall–Kier alpha value is -0.860. The summed E-state index contributed by atoms with van der Waals surface area (Å²) in [4.78, 5) is 2.63. The van der Waals surface area contributed by atoms with Gasteiger partial charge in [-0.1, -0.05) is 37.6 Å². The molecule has 0 radical (unpaired) electrons. The van der Waals surface area contributed by atoms with Crippen LogP contribution in [0.5, 0.6) is 0 Å². The topological polar surface area (TPSA) is 15.3 Å². The van der Waals surface area contributed by atoms with Gasteiger partial charge in [-0.25, -0.2) is 0 Å². The van der Waals surface area contributed by atoms with Crippen LogP contribution in [0.25, 0.3) is 0 Å². The van der Waals surface area contributed by atoms with E-state index in [4.69, 9.17) is 0 Å². The van der Waals surface area contributed by atoms with Crippen molar-refractivity contribution in [1.82, 2.24) is 10.2 Å². The average molecular weight is 286 g/mol. The maximum atomic E-state index is 3.83. The molecule has 2 nitrogen and oxygen atoms in total. The predicted molar refractivity (Wildman–Crippen MR) is 89.6 cm³/mol. The van der Waals surface area contributed by atoms with Crippen molar-refractivity contribution in [2.45, 2.75) is 51.5 Å². The number of hydrogen-bond acceptors (Lipinski definition) is 2. The number of aryl methyl sites for hydroxylation is 1. The van der Waals surface area contributed by atoms with E-state index in [1.165, 1.54) is 58.2 Å². The van der Waals surface area contributed by atoms with Crippen molar-refractivity contribution in [3.05, 3.63) is 35.4 Å². The van der Waals surface area contributed by atoms with Crippen LogP contribution in [0.15, 0.2) is 24.3 Å². The van der Waals surface area contributed by atoms with E-state index < -0.39 is 0 Å². The van der Waals surface area contributed by atoms with Crippen LogP contribution >= 0.6 is 0 Å². The van der Waals surface area contributed by atoms with E-state index in [1.807, 2.05) is 0 Å². The number of nitrogens with one attached hydrogen (secondary N) is 1. The lowest BCUT2D eigenvalue weighted by atomic mass is 9.98. The summed E-state index contributed by atoms with van der Waals surface area (Å²) in [6.45, 7) is 7.32. The van der Waals surface area contributed by atoms with Crippen molar-refractivity contribution in [1.29, 1.82) is 0 Å². The standard InChI is InChI=1S/C19H30N2/c1-16-10-13-21(14-11-16)15-12-20-19-9-5-3-7-17-6-2-4-8-18(17)19/h2,4,6,8,16,19-20H,3,5,7,9-15H2,1H3. The van der Waals surface area contributed by atoms with Gasteiger partial charge in [-0.15, -0.1) is 0 Å². The zero-order valence-electron chi connectivity index (χ0n) is 13.5. The van der Waals surface area contributed by atoms with Gasteiger partial charge in [0.15, 0.2) is 0 Å². The van der Waals surface area contributed by atoms with Gasteiger partial charge in [0.25, 0.3) is 0 Å². The van der Waals surface area contributed by atoms with Gasteiger partial charge in [-0.3, -0.25) is 0 Å². The number of likely N-dealkylation sites (tertiary alicyclic amines) is 1. The van der Waals surface area contributed by atoms with E-state index in [0.717, 1.165) is 12.5 Å². The second-order valence-electron chi connectivity index (χ2n) is 6.98. The second kappa shape index (κ2) is 7.42. The zero-order valence-corrected chi connectivity index (χ0v) is 13.5. The number of nitrogens with zero attached hydrogens (tertiary/aromatic N) is 1. The smallest absolute Gasteiger partial charge is 0.0323 e. The molecule has 2 heteroatoms. The fourth-order valence-corrected chi connectivity index (χ4v) is 3.82. The molecule has 1 aliphatic heterocycles. The first kappa shape index (κ1) is 15.1. The Labute approximate surface area is 129 Å². The Morgan fingerprint density at radius 1 is 1.10 bits per heavy atom. The lowest BCUT2D eigenvalue weighted by Crippen LogP contribution is -2.38. The SMILES string of the molecule is CC1CCN(CCNC2CCCCc3ccccc32)CC1. The molecule has 0 aromatic heterocycles. The summed E-state index contributed by atoms with van der Waals surface area (Å²) in [5, 5.41) is 3.83. The molecule has 0 bridgehead atoms. The summed E-state index contributed by atoms with van der Waals surface area (Å²) >= 11 is 0. The number of piperidine rings is 1. The van der Waals surface area contributed by atoms with Crippen LogP contribution in [-0.2, 0) is 6.42 Å². The normalized spacial score (nSPS) is 24.5. The lowest BCUT2D eigenvalue weighted by Gasteiger charge is -2.31. The first-order valence-corrected chi connectivity index (χ1v) is 8.86. The van der Waals surface area contributed by atoms with Gasteiger partial charge in [-0.2, -0.15) is 0 Å². The Balaban J connectivity index is 1.51. The van der Waals surface area contributed by atoms with Crippen LogP contribution in [0.1, 0.15) is 56.2 Å². The summed E-state index contributed by atoms with van der Waals surface area (Å²) in [6, 6.07) is 9.62. The molecule has 1 saturated heterocycles. The molecular formula is C19H30N2. The minimum absolute atomic E-state index is 0.576. The van der Waals surface area contributed by atoms with Crippen molar-refractivity contribution in [3.63, 3.8) is 0 Å². The maximum Gasteiger partial charge on any atom is 0.0323 e. The van der Waals surface area contributed by atoms with Crippen molar-refractivity contribution in [2.24, 2.45) is 5.92 Å². The zero-order chi connectivity index (χ0) is 14.5. The van der Waals surface area contributed by atoms with Gasteiger partial charge < -0.3 is 10.2 Å². The first-order chi connectivity index (χ1) is 10.3. The highest BCUT2D eigenvalue weighted by Crippen LogP contribution is 2.28. The largest absolute Gasteiger partial charge is 0.309 e. The fraction of sp³-hybridized carbons (Fsp3) is 0.684. The van der Waals surface area contributed by atoms with Gasteiger partial charge in [0.05, 0.1) is 0 Å². The molecule has 1 N–H and O–H groups in total. The third-order valence-electron chi connectivity index (χ3n) is 5.31. The number of fused-ring (bicyclic) bond motifs is 1. The van der Waals surface area contributed by atoms with E-state index in [9.17, 15) is 0 Å². The number of rotatable bonds is 4. The van der Waals surface area contributed by atoms with Crippen molar-refractivity contribution >= 4 is 0 Å². The molecule has 1 aromatic carbocycles. The summed E-state index contributed by atoms with van der Waals surface area (Å²) in [5.41, 5.74) is 3.13. The van der Waals surface area contributed by atoms with Crippen LogP contribution in [-0.4, -0.2) is 31.1 Å². The third kappa shape index (κ3) is 4.08. The molecule has 0 saturated carbocycles. The van der Waals surface area contributed by atoms with E-state index >= 15 is 0 Å². The predicted octanol–water partition coefficient (Wildman–Crippen LogP) is 3.78. The second-order valence-corrected chi connectivity index (χ2v) is 6.98. The summed E-state index contributed by atoms with van der Waals surface area (Å²) < 4.78 is 0. The molecule has 21 heavy (non-hydrogen) atoms. The molecule has 116 valence electrons. The van der Waals surface area contributed by atoms with Crippen molar-refractivity contribution < 1.29 is 0 Å². The average Bonchev–Trinajstić information content (AvgIpc) is 2.72. The molecule has 1 atom stereocenters. The molecule has 1 unspecified atom stereocenters. The summed E-state index contributed by atoms with van der Waals surface area (Å²) in [5.74, 6) is 0.933. The van der Waals surface area contributed by atoms with E-state index in [2.05, 4.69) is 41.4 Å². The molecule has 1 aromatic rings. The minimum atomic E-state index is 0.576. The van der Waals surface area contributed by atoms with Gasteiger partial charge in [-0.05, 0) is 62.2 Å². The van der Waals surface area contributed by atoms with Crippen LogP contribution in [0.2, 0.25) is 0 Å². The highest BCUT2D eigenvalue weighted by Gasteiger charge is 2.19. The van der Waals surface area contributed by atoms with E-state index in [1.54, 1.807) is 11.1 Å². The summed E-state index contributed by atoms with van der Waals surface area (Å²) in [6.07, 6.45) is 8.03. The van der Waals surface area contributed by atoms with Crippen LogP contribution in [0.3, 0.4) is 0 Å². The van der Waals surface area contributed by atoms with Gasteiger partial charge in [0, 0.05) is 19.1 Å². The molecule has 1 heterocycles. The van der Waals surface area contributed by atoms with E-state index in [0.29, 0.717) is 6.04 Å². The summed E-state index contributed by atoms with van der Waals surface area (Å²) in [7, 11) is 0. The molecule has 1 fully saturated rings. The molecule has 2 aliphatic rings. The minimum Gasteiger partial charge on any atom is -0.309 e. The first-order valence-electron chi connectivity index (χ1n) is 8.86. The van der Waals surface area contributed by atoms with Gasteiger partial charge in [0.1, 0.15) is 0 Å². The monoisotopic (exact) mass is 286 g/mol. The fourth-order valence-electron chi connectivity index (χ4n) is 3.82. The van der Waals surface area contributed by atoms with E-state index in [-0.39, 0.29) is 0 Å². The molecule has 3 rings (SSSR count). The molecule has 0 spiro atoms. The van der Waals surface area contributed by atoms with Crippen molar-refractivity contribution in [3.8, 4) is 0 Å². The van der Waals surface area contributed by atoms with Crippen molar-refractivity contribution in [2.75, 3.05) is 26.2 Å². The Bertz CT molecular complexity index is 435. The quantitative estimate of drug-likeness (QED) is 0.848. The van der Waals surface area contributed by atoms with Gasteiger partial charge >= 0.3 is 0 Å². The number of benzene rings is 1. The Kier molecular flexibility index (Phi) is 5.32. The number of hydrogen-bond donors (Lipinski definition) is 1. The van der Waals surface area contributed by atoms with Crippen LogP contribution in [0, 0.1) is 5.92 Å². The van der Waals surface area contributed by atoms with Crippen LogP contribution in [0.4, 0.5) is 0 Å². The third-order valence-corrected chi connectivity index (χ3v) is 5.31. The molecular weight excluding hydrogens is 256 g/mol. The Morgan fingerprint density at radius 3 is 2.76 bits per heavy atom. The van der Waals surface area contributed by atoms with Gasteiger partial charge in [0.2, 0.25) is 0 Å². The highest BCUT2D eigenvalue weighted by molar-refractivity contribution is 5.31. The van der Waals surface area contributed by atoms with Crippen LogP contribution < -0.4 is 5.32 Å². The highest BCUT2D eigenvalue weighted by atomic mass is 15.1.